The van der Waals surface area contributed by atoms with Gasteiger partial charge in [-0.15, -0.1) is 0 Å². The van der Waals surface area contributed by atoms with Gasteiger partial charge in [0.1, 0.15) is 11.4 Å². The van der Waals surface area contributed by atoms with E-state index in [1.807, 2.05) is 41.0 Å². The fourth-order valence-electron chi connectivity index (χ4n) is 1.99. The summed E-state index contributed by atoms with van der Waals surface area (Å²) in [6, 6.07) is 11.4. The van der Waals surface area contributed by atoms with Crippen LogP contribution in [0.2, 0.25) is 0 Å². The van der Waals surface area contributed by atoms with Gasteiger partial charge < -0.3 is 4.74 Å². The van der Waals surface area contributed by atoms with Crippen molar-refractivity contribution in [1.82, 2.24) is 19.7 Å². The molecule has 0 radical (unpaired) electrons. The Hall–Kier alpha value is -1.99. The summed E-state index contributed by atoms with van der Waals surface area (Å²) in [7, 11) is 1.62. The van der Waals surface area contributed by atoms with Gasteiger partial charge in [-0.05, 0) is 52.4 Å². The van der Waals surface area contributed by atoms with Gasteiger partial charge >= 0.3 is 0 Å². The van der Waals surface area contributed by atoms with Crippen molar-refractivity contribution in [1.29, 1.82) is 0 Å². The first-order valence-corrected chi connectivity index (χ1v) is 7.33. The zero-order valence-electron chi connectivity index (χ0n) is 11.1. The summed E-state index contributed by atoms with van der Waals surface area (Å²) in [6.45, 7) is 0. The highest BCUT2D eigenvalue weighted by Crippen LogP contribution is 2.29. The summed E-state index contributed by atoms with van der Waals surface area (Å²) in [5.41, 5.74) is 1.60. The van der Waals surface area contributed by atoms with Crippen molar-refractivity contribution >= 4 is 28.1 Å². The highest BCUT2D eigenvalue weighted by Gasteiger charge is 2.13. The number of H-pyrrole nitrogens is 1. The average molecular weight is 363 g/mol. The molecule has 2 aromatic heterocycles. The van der Waals surface area contributed by atoms with E-state index in [2.05, 4.69) is 31.1 Å². The minimum absolute atomic E-state index is 0.500. The molecule has 0 atom stereocenters. The van der Waals surface area contributed by atoms with E-state index >= 15 is 0 Å². The van der Waals surface area contributed by atoms with Crippen molar-refractivity contribution in [3.8, 4) is 23.0 Å². The summed E-state index contributed by atoms with van der Waals surface area (Å²) < 4.78 is 8.53. The molecule has 0 amide bonds. The molecule has 0 aliphatic carbocycles. The van der Waals surface area contributed by atoms with Crippen LogP contribution in [0.5, 0.6) is 5.75 Å². The Labute approximate surface area is 134 Å². The Morgan fingerprint density at radius 1 is 1.29 bits per heavy atom. The van der Waals surface area contributed by atoms with E-state index in [9.17, 15) is 0 Å². The van der Waals surface area contributed by atoms with Crippen molar-refractivity contribution in [2.45, 2.75) is 0 Å². The number of hydrogen-bond acceptors (Lipinski definition) is 4. The molecule has 106 valence electrons. The fraction of sp³-hybridized carbons (Fsp3) is 0.0714. The number of nitrogens with one attached hydrogen (secondary N) is 1. The molecule has 0 bridgehead atoms. The molecule has 0 saturated carbocycles. The maximum absolute atomic E-state index is 5.33. The number of benzene rings is 1. The van der Waals surface area contributed by atoms with Crippen LogP contribution >= 0.6 is 28.1 Å². The van der Waals surface area contributed by atoms with Crippen LogP contribution in [0.15, 0.2) is 47.1 Å². The summed E-state index contributed by atoms with van der Waals surface area (Å²) in [5.74, 6) is 1.38. The minimum atomic E-state index is 0.500. The normalized spacial score (nSPS) is 10.6. The van der Waals surface area contributed by atoms with Crippen LogP contribution in [0.25, 0.3) is 17.2 Å². The highest BCUT2D eigenvalue weighted by atomic mass is 79.9. The topological polar surface area (TPSA) is 55.7 Å². The SMILES string of the molecule is COc1cc(-n2c(-c3ccccn3)n[nH]c2=S)ccc1Br. The Morgan fingerprint density at radius 2 is 2.14 bits per heavy atom. The van der Waals surface area contributed by atoms with E-state index in [0.29, 0.717) is 10.6 Å². The molecule has 5 nitrogen and oxygen atoms in total. The predicted octanol–water partition coefficient (Wildman–Crippen LogP) is 3.76. The molecule has 0 spiro atoms. The summed E-state index contributed by atoms with van der Waals surface area (Å²) in [5, 5.41) is 7.08. The van der Waals surface area contributed by atoms with Crippen LogP contribution in [0.3, 0.4) is 0 Å². The van der Waals surface area contributed by atoms with Crippen molar-refractivity contribution in [2.75, 3.05) is 7.11 Å². The second kappa shape index (κ2) is 5.79. The Kier molecular flexibility index (Phi) is 3.85. The summed E-state index contributed by atoms with van der Waals surface area (Å²) >= 11 is 8.77. The van der Waals surface area contributed by atoms with E-state index < -0.39 is 0 Å². The largest absolute Gasteiger partial charge is 0.495 e. The van der Waals surface area contributed by atoms with Gasteiger partial charge in [0, 0.05) is 12.3 Å². The van der Waals surface area contributed by atoms with Crippen LogP contribution in [0, 0.1) is 4.77 Å². The van der Waals surface area contributed by atoms with E-state index in [-0.39, 0.29) is 0 Å². The molecule has 1 N–H and O–H groups in total. The summed E-state index contributed by atoms with van der Waals surface area (Å²) in [6.07, 6.45) is 1.72. The van der Waals surface area contributed by atoms with E-state index in [4.69, 9.17) is 17.0 Å². The molecule has 21 heavy (non-hydrogen) atoms. The van der Waals surface area contributed by atoms with Gasteiger partial charge in [-0.1, -0.05) is 6.07 Å². The second-order valence-corrected chi connectivity index (χ2v) is 5.46. The molecular weight excluding hydrogens is 352 g/mol. The van der Waals surface area contributed by atoms with Gasteiger partial charge in [-0.2, -0.15) is 5.10 Å². The number of ether oxygens (including phenoxy) is 1. The number of aromatic nitrogens is 4. The molecule has 0 fully saturated rings. The maximum Gasteiger partial charge on any atom is 0.200 e. The van der Waals surface area contributed by atoms with Gasteiger partial charge in [-0.25, -0.2) is 0 Å². The Bertz CT molecular complexity index is 828. The number of aromatic amines is 1. The summed E-state index contributed by atoms with van der Waals surface area (Å²) in [4.78, 5) is 4.32. The molecule has 1 aromatic carbocycles. The van der Waals surface area contributed by atoms with Gasteiger partial charge in [0.2, 0.25) is 0 Å². The standard InChI is InChI=1S/C14H11BrN4OS/c1-20-12-8-9(5-6-10(12)15)19-13(17-18-14(19)21)11-4-2-3-7-16-11/h2-8H,1H3,(H,18,21). The molecule has 0 aliphatic heterocycles. The first-order valence-electron chi connectivity index (χ1n) is 6.13. The van der Waals surface area contributed by atoms with Crippen LogP contribution in [0.1, 0.15) is 0 Å². The van der Waals surface area contributed by atoms with Crippen LogP contribution < -0.4 is 4.74 Å². The highest BCUT2D eigenvalue weighted by molar-refractivity contribution is 9.10. The van der Waals surface area contributed by atoms with Gasteiger partial charge in [-0.3, -0.25) is 14.6 Å². The number of halogens is 1. The van der Waals surface area contributed by atoms with Crippen LogP contribution in [-0.4, -0.2) is 26.9 Å². The molecular formula is C14H11BrN4OS. The molecule has 0 unspecified atom stereocenters. The predicted molar refractivity (Wildman–Crippen MR) is 86.2 cm³/mol. The number of methoxy groups -OCH3 is 1. The van der Waals surface area contributed by atoms with Gasteiger partial charge in [0.25, 0.3) is 0 Å². The number of rotatable bonds is 3. The van der Waals surface area contributed by atoms with Crippen molar-refractivity contribution < 1.29 is 4.74 Å². The Balaban J connectivity index is 2.20. The van der Waals surface area contributed by atoms with E-state index in [1.165, 1.54) is 0 Å². The second-order valence-electron chi connectivity index (χ2n) is 4.22. The molecule has 2 heterocycles. The van der Waals surface area contributed by atoms with Crippen molar-refractivity contribution in [2.24, 2.45) is 0 Å². The first kappa shape index (κ1) is 14.0. The van der Waals surface area contributed by atoms with Crippen molar-refractivity contribution in [3.63, 3.8) is 0 Å². The molecule has 3 aromatic rings. The molecule has 0 saturated heterocycles. The van der Waals surface area contributed by atoms with E-state index in [0.717, 1.165) is 21.6 Å². The number of hydrogen-bond donors (Lipinski definition) is 1. The lowest BCUT2D eigenvalue weighted by molar-refractivity contribution is 0.412. The van der Waals surface area contributed by atoms with Crippen molar-refractivity contribution in [3.05, 3.63) is 51.8 Å². The lowest BCUT2D eigenvalue weighted by Crippen LogP contribution is -1.99. The first-order chi connectivity index (χ1) is 10.2. The van der Waals surface area contributed by atoms with Crippen LogP contribution in [-0.2, 0) is 0 Å². The number of nitrogens with zero attached hydrogens (tertiary/aromatic N) is 3. The molecule has 3 rings (SSSR count). The monoisotopic (exact) mass is 362 g/mol. The van der Waals surface area contributed by atoms with Crippen LogP contribution in [0.4, 0.5) is 0 Å². The smallest absolute Gasteiger partial charge is 0.200 e. The number of pyridine rings is 1. The zero-order chi connectivity index (χ0) is 14.8. The average Bonchev–Trinajstić information content (AvgIpc) is 2.90. The van der Waals surface area contributed by atoms with Gasteiger partial charge in [0.05, 0.1) is 17.3 Å². The zero-order valence-corrected chi connectivity index (χ0v) is 13.5. The maximum atomic E-state index is 5.33. The lowest BCUT2D eigenvalue weighted by atomic mass is 10.2. The third-order valence-electron chi connectivity index (χ3n) is 2.96. The lowest BCUT2D eigenvalue weighted by Gasteiger charge is -2.09. The van der Waals surface area contributed by atoms with Gasteiger partial charge in [0.15, 0.2) is 10.6 Å². The quantitative estimate of drug-likeness (QED) is 0.720. The minimum Gasteiger partial charge on any atom is -0.495 e. The molecule has 0 aliphatic rings. The third-order valence-corrected chi connectivity index (χ3v) is 3.89. The fourth-order valence-corrected chi connectivity index (χ4v) is 2.64. The van der Waals surface area contributed by atoms with E-state index in [1.54, 1.807) is 13.3 Å². The molecule has 7 heteroatoms. The third kappa shape index (κ3) is 2.62. The Morgan fingerprint density at radius 3 is 2.86 bits per heavy atom.